The topological polar surface area (TPSA) is 49.8 Å². The highest BCUT2D eigenvalue weighted by Gasteiger charge is 2.31. The summed E-state index contributed by atoms with van der Waals surface area (Å²) in [6.45, 7) is 11.0. The molecule has 1 N–H and O–H groups in total. The Morgan fingerprint density at radius 1 is 0.914 bits per heavy atom. The van der Waals surface area contributed by atoms with Gasteiger partial charge in [-0.1, -0.05) is 64.1 Å². The van der Waals surface area contributed by atoms with Crippen molar-refractivity contribution in [2.24, 2.45) is 17.3 Å². The van der Waals surface area contributed by atoms with Gasteiger partial charge in [0.05, 0.1) is 12.0 Å². The number of nitrogens with zero attached hydrogens (tertiary/aromatic N) is 1. The number of benzene rings is 2. The molecule has 4 rings (SSSR count). The average Bonchev–Trinajstić information content (AvgIpc) is 2.86. The Labute approximate surface area is 211 Å². The van der Waals surface area contributed by atoms with E-state index in [0.29, 0.717) is 17.6 Å². The third-order valence-corrected chi connectivity index (χ3v) is 8.39. The lowest BCUT2D eigenvalue weighted by molar-refractivity contribution is -0.143. The zero-order valence-corrected chi connectivity index (χ0v) is 22.0. The molecular weight excluding hydrogens is 434 g/mol. The Kier molecular flexibility index (Phi) is 8.21. The van der Waals surface area contributed by atoms with Gasteiger partial charge in [0, 0.05) is 6.04 Å². The SMILES string of the molecule is CCC(c1ccc(-c2ccc(OC3CCC(C(C)(C)C)CC3)cc2)cc1)N1CCC(C(=O)O)CC1. The molecule has 1 aliphatic heterocycles. The van der Waals surface area contributed by atoms with Crippen molar-refractivity contribution < 1.29 is 14.6 Å². The highest BCUT2D eigenvalue weighted by Crippen LogP contribution is 2.39. The summed E-state index contributed by atoms with van der Waals surface area (Å²) in [5.74, 6) is 0.944. The molecular formula is C31H43NO3. The number of hydrogen-bond donors (Lipinski definition) is 1. The van der Waals surface area contributed by atoms with Gasteiger partial charge in [0.25, 0.3) is 0 Å². The Hall–Kier alpha value is -2.33. The predicted octanol–water partition coefficient (Wildman–Crippen LogP) is 7.59. The van der Waals surface area contributed by atoms with E-state index in [1.54, 1.807) is 0 Å². The van der Waals surface area contributed by atoms with Crippen molar-refractivity contribution in [1.29, 1.82) is 0 Å². The van der Waals surface area contributed by atoms with Gasteiger partial charge in [-0.3, -0.25) is 9.69 Å². The number of likely N-dealkylation sites (tertiary alicyclic amines) is 1. The Balaban J connectivity index is 1.33. The highest BCUT2D eigenvalue weighted by molar-refractivity contribution is 5.70. The summed E-state index contributed by atoms with van der Waals surface area (Å²) in [6.07, 6.45) is 7.68. The molecule has 35 heavy (non-hydrogen) atoms. The van der Waals surface area contributed by atoms with Crippen LogP contribution in [0.15, 0.2) is 48.5 Å². The van der Waals surface area contributed by atoms with Crippen molar-refractivity contribution in [2.45, 2.75) is 84.8 Å². The smallest absolute Gasteiger partial charge is 0.306 e. The van der Waals surface area contributed by atoms with E-state index in [1.165, 1.54) is 29.5 Å². The van der Waals surface area contributed by atoms with Crippen LogP contribution in [0.1, 0.15) is 84.2 Å². The van der Waals surface area contributed by atoms with Gasteiger partial charge < -0.3 is 9.84 Å². The third-order valence-electron chi connectivity index (χ3n) is 8.39. The number of ether oxygens (including phenoxy) is 1. The molecule has 0 radical (unpaired) electrons. The van der Waals surface area contributed by atoms with E-state index < -0.39 is 5.97 Å². The lowest BCUT2D eigenvalue weighted by Gasteiger charge is -2.37. The van der Waals surface area contributed by atoms with Crippen LogP contribution in [0.4, 0.5) is 0 Å². The van der Waals surface area contributed by atoms with E-state index in [4.69, 9.17) is 4.74 Å². The molecule has 0 amide bonds. The van der Waals surface area contributed by atoms with Crippen molar-refractivity contribution >= 4 is 5.97 Å². The highest BCUT2D eigenvalue weighted by atomic mass is 16.5. The van der Waals surface area contributed by atoms with Gasteiger partial charge in [-0.15, -0.1) is 0 Å². The summed E-state index contributed by atoms with van der Waals surface area (Å²) >= 11 is 0. The summed E-state index contributed by atoms with van der Waals surface area (Å²) in [6, 6.07) is 17.8. The number of carboxylic acids is 1. The van der Waals surface area contributed by atoms with Gasteiger partial charge in [-0.05, 0) is 98.2 Å². The second-order valence-corrected chi connectivity index (χ2v) is 11.7. The summed E-state index contributed by atoms with van der Waals surface area (Å²) in [4.78, 5) is 13.7. The van der Waals surface area contributed by atoms with E-state index in [9.17, 15) is 9.90 Å². The van der Waals surface area contributed by atoms with Gasteiger partial charge in [-0.25, -0.2) is 0 Å². The Bertz CT molecular complexity index is 944. The van der Waals surface area contributed by atoms with Crippen LogP contribution in [0, 0.1) is 17.3 Å². The molecule has 190 valence electrons. The predicted molar refractivity (Wildman–Crippen MR) is 143 cm³/mol. The molecule has 1 saturated carbocycles. The average molecular weight is 478 g/mol. The van der Waals surface area contributed by atoms with E-state index in [2.05, 4.69) is 81.1 Å². The molecule has 1 atom stereocenters. The maximum Gasteiger partial charge on any atom is 0.306 e. The van der Waals surface area contributed by atoms with Crippen molar-refractivity contribution in [1.82, 2.24) is 4.90 Å². The van der Waals surface area contributed by atoms with Gasteiger partial charge in [0.2, 0.25) is 0 Å². The van der Waals surface area contributed by atoms with E-state index >= 15 is 0 Å². The minimum Gasteiger partial charge on any atom is -0.490 e. The molecule has 2 aromatic carbocycles. The maximum atomic E-state index is 11.3. The van der Waals surface area contributed by atoms with Gasteiger partial charge in [0.1, 0.15) is 5.75 Å². The number of piperidine rings is 1. The second-order valence-electron chi connectivity index (χ2n) is 11.7. The molecule has 0 aromatic heterocycles. The number of rotatable bonds is 7. The van der Waals surface area contributed by atoms with Crippen LogP contribution in [0.2, 0.25) is 0 Å². The minimum atomic E-state index is -0.647. The monoisotopic (exact) mass is 477 g/mol. The van der Waals surface area contributed by atoms with E-state index in [0.717, 1.165) is 56.9 Å². The maximum absolute atomic E-state index is 11.3. The molecule has 1 heterocycles. The molecule has 1 aliphatic carbocycles. The fourth-order valence-electron chi connectivity index (χ4n) is 6.03. The second kappa shape index (κ2) is 11.2. The first-order chi connectivity index (χ1) is 16.7. The van der Waals surface area contributed by atoms with Crippen LogP contribution >= 0.6 is 0 Å². The van der Waals surface area contributed by atoms with Crippen LogP contribution in [-0.4, -0.2) is 35.2 Å². The Morgan fingerprint density at radius 3 is 1.94 bits per heavy atom. The molecule has 1 saturated heterocycles. The fraction of sp³-hybridized carbons (Fsp3) is 0.581. The fourth-order valence-corrected chi connectivity index (χ4v) is 6.03. The molecule has 4 nitrogen and oxygen atoms in total. The van der Waals surface area contributed by atoms with E-state index in [-0.39, 0.29) is 5.92 Å². The zero-order chi connectivity index (χ0) is 25.0. The molecule has 0 bridgehead atoms. The molecule has 1 unspecified atom stereocenters. The van der Waals surface area contributed by atoms with Crippen molar-refractivity contribution in [3.8, 4) is 16.9 Å². The summed E-state index contributed by atoms with van der Waals surface area (Å²) in [7, 11) is 0. The summed E-state index contributed by atoms with van der Waals surface area (Å²) in [5, 5.41) is 9.28. The summed E-state index contributed by atoms with van der Waals surface area (Å²) < 4.78 is 6.32. The van der Waals surface area contributed by atoms with Crippen molar-refractivity contribution in [2.75, 3.05) is 13.1 Å². The van der Waals surface area contributed by atoms with Gasteiger partial charge in [-0.2, -0.15) is 0 Å². The standard InChI is InChI=1S/C31H43NO3/c1-5-29(32-20-18-25(19-21-32)30(33)34)24-8-6-22(7-9-24)23-10-14-27(15-11-23)35-28-16-12-26(13-17-28)31(2,3)4/h6-11,14-15,25-26,28-29H,5,12-13,16-21H2,1-4H3,(H,33,34). The zero-order valence-electron chi connectivity index (χ0n) is 22.0. The number of aliphatic carboxylic acids is 1. The Morgan fingerprint density at radius 2 is 1.46 bits per heavy atom. The van der Waals surface area contributed by atoms with Crippen molar-refractivity contribution in [3.63, 3.8) is 0 Å². The van der Waals surface area contributed by atoms with Crippen LogP contribution in [0.3, 0.4) is 0 Å². The van der Waals surface area contributed by atoms with E-state index in [1.807, 2.05) is 0 Å². The molecule has 0 spiro atoms. The first-order valence-corrected chi connectivity index (χ1v) is 13.6. The number of hydrogen-bond acceptors (Lipinski definition) is 3. The molecule has 2 aromatic rings. The summed E-state index contributed by atoms with van der Waals surface area (Å²) in [5.41, 5.74) is 4.13. The van der Waals surface area contributed by atoms with Crippen LogP contribution in [0.25, 0.3) is 11.1 Å². The largest absolute Gasteiger partial charge is 0.490 e. The lowest BCUT2D eigenvalue weighted by Crippen LogP contribution is -2.38. The number of carboxylic acid groups (broad SMARTS) is 1. The van der Waals surface area contributed by atoms with Crippen LogP contribution < -0.4 is 4.74 Å². The van der Waals surface area contributed by atoms with Crippen LogP contribution in [-0.2, 0) is 4.79 Å². The lowest BCUT2D eigenvalue weighted by atomic mass is 9.72. The van der Waals surface area contributed by atoms with Crippen molar-refractivity contribution in [3.05, 3.63) is 54.1 Å². The first-order valence-electron chi connectivity index (χ1n) is 13.6. The third kappa shape index (κ3) is 6.46. The normalized spacial score (nSPS) is 23.1. The molecule has 4 heteroatoms. The first kappa shape index (κ1) is 25.8. The number of carbonyl (C=O) groups is 1. The van der Waals surface area contributed by atoms with Gasteiger partial charge >= 0.3 is 5.97 Å². The van der Waals surface area contributed by atoms with Crippen LogP contribution in [0.5, 0.6) is 5.75 Å². The van der Waals surface area contributed by atoms with Gasteiger partial charge in [0.15, 0.2) is 0 Å². The quantitative estimate of drug-likeness (QED) is 0.446. The molecule has 2 fully saturated rings. The molecule has 2 aliphatic rings. The minimum absolute atomic E-state index is 0.184.